The molecule has 2 heterocycles. The van der Waals surface area contributed by atoms with Gasteiger partial charge in [-0.2, -0.15) is 11.8 Å². The quantitative estimate of drug-likeness (QED) is 0.774. The van der Waals surface area contributed by atoms with Gasteiger partial charge in [0.05, 0.1) is 4.47 Å². The first-order valence-corrected chi connectivity index (χ1v) is 6.58. The zero-order valence-corrected chi connectivity index (χ0v) is 10.1. The standard InChI is InChI=1S/C10H11BrO2S/c11-8-4-9(13-10(8)5-12)7-2-1-3-14-6-7/h4-5,7H,1-3,6H2. The average molecular weight is 275 g/mol. The molecule has 1 atom stereocenters. The predicted octanol–water partition coefficient (Wildman–Crippen LogP) is 3.47. The average Bonchev–Trinajstić information content (AvgIpc) is 2.61. The third kappa shape index (κ3) is 2.06. The molecule has 1 aromatic heterocycles. The summed E-state index contributed by atoms with van der Waals surface area (Å²) in [7, 11) is 0. The lowest BCUT2D eigenvalue weighted by Crippen LogP contribution is -2.07. The van der Waals surface area contributed by atoms with E-state index in [0.29, 0.717) is 11.7 Å². The van der Waals surface area contributed by atoms with Crippen molar-refractivity contribution in [3.8, 4) is 0 Å². The largest absolute Gasteiger partial charge is 0.457 e. The van der Waals surface area contributed by atoms with E-state index in [1.54, 1.807) is 0 Å². The number of furan rings is 1. The molecule has 14 heavy (non-hydrogen) atoms. The smallest absolute Gasteiger partial charge is 0.186 e. The fraction of sp³-hybridized carbons (Fsp3) is 0.500. The van der Waals surface area contributed by atoms with Crippen LogP contribution in [0.1, 0.15) is 35.1 Å². The summed E-state index contributed by atoms with van der Waals surface area (Å²) in [5.74, 6) is 4.21. The van der Waals surface area contributed by atoms with Crippen LogP contribution in [0, 0.1) is 0 Å². The molecule has 2 rings (SSSR count). The number of carbonyl (C=O) groups is 1. The Morgan fingerprint density at radius 2 is 2.50 bits per heavy atom. The molecule has 1 unspecified atom stereocenters. The summed E-state index contributed by atoms with van der Waals surface area (Å²) in [4.78, 5) is 10.6. The number of carbonyl (C=O) groups excluding carboxylic acids is 1. The first-order valence-electron chi connectivity index (χ1n) is 4.63. The van der Waals surface area contributed by atoms with Crippen molar-refractivity contribution in [3.05, 3.63) is 22.1 Å². The molecule has 1 aliphatic heterocycles. The summed E-state index contributed by atoms with van der Waals surface area (Å²) in [5, 5.41) is 0. The number of aldehydes is 1. The van der Waals surface area contributed by atoms with Crippen molar-refractivity contribution in [1.29, 1.82) is 0 Å². The fourth-order valence-corrected chi connectivity index (χ4v) is 3.20. The molecule has 1 aromatic rings. The minimum atomic E-state index is 0.413. The highest BCUT2D eigenvalue weighted by Gasteiger charge is 2.20. The first-order chi connectivity index (χ1) is 6.81. The lowest BCUT2D eigenvalue weighted by molar-refractivity contribution is 0.109. The van der Waals surface area contributed by atoms with Crippen molar-refractivity contribution < 1.29 is 9.21 Å². The van der Waals surface area contributed by atoms with Crippen LogP contribution in [0.4, 0.5) is 0 Å². The van der Waals surface area contributed by atoms with Gasteiger partial charge in [0.2, 0.25) is 0 Å². The molecule has 1 aliphatic rings. The summed E-state index contributed by atoms with van der Waals surface area (Å²) in [6.07, 6.45) is 3.17. The predicted molar refractivity (Wildman–Crippen MR) is 61.1 cm³/mol. The van der Waals surface area contributed by atoms with Gasteiger partial charge < -0.3 is 4.42 Å². The highest BCUT2D eigenvalue weighted by molar-refractivity contribution is 9.10. The Bertz CT molecular complexity index is 329. The van der Waals surface area contributed by atoms with E-state index in [1.807, 2.05) is 17.8 Å². The Kier molecular flexibility index (Phi) is 3.34. The van der Waals surface area contributed by atoms with Crippen LogP contribution >= 0.6 is 27.7 Å². The Morgan fingerprint density at radius 1 is 1.64 bits per heavy atom. The van der Waals surface area contributed by atoms with E-state index in [0.717, 1.165) is 22.3 Å². The maximum atomic E-state index is 10.6. The van der Waals surface area contributed by atoms with Gasteiger partial charge in [0.25, 0.3) is 0 Å². The minimum Gasteiger partial charge on any atom is -0.457 e. The summed E-state index contributed by atoms with van der Waals surface area (Å²) in [6, 6.07) is 1.93. The second-order valence-corrected chi connectivity index (χ2v) is 5.40. The third-order valence-electron chi connectivity index (χ3n) is 2.40. The number of hydrogen-bond donors (Lipinski definition) is 0. The Morgan fingerprint density at radius 3 is 3.07 bits per heavy atom. The first kappa shape index (κ1) is 10.3. The number of hydrogen-bond acceptors (Lipinski definition) is 3. The second-order valence-electron chi connectivity index (χ2n) is 3.39. The zero-order chi connectivity index (χ0) is 9.97. The van der Waals surface area contributed by atoms with Gasteiger partial charge in [-0.1, -0.05) is 0 Å². The third-order valence-corrected chi connectivity index (χ3v) is 4.24. The molecular formula is C10H11BrO2S. The highest BCUT2D eigenvalue weighted by Crippen LogP contribution is 2.34. The molecule has 0 amide bonds. The van der Waals surface area contributed by atoms with Gasteiger partial charge in [-0.3, -0.25) is 4.79 Å². The summed E-state index contributed by atoms with van der Waals surface area (Å²) in [5.41, 5.74) is 0. The van der Waals surface area contributed by atoms with Crippen LogP contribution in [0.2, 0.25) is 0 Å². The van der Waals surface area contributed by atoms with Gasteiger partial charge >= 0.3 is 0 Å². The maximum absolute atomic E-state index is 10.6. The van der Waals surface area contributed by atoms with Crippen molar-refractivity contribution in [2.45, 2.75) is 18.8 Å². The molecule has 2 nitrogen and oxygen atoms in total. The van der Waals surface area contributed by atoms with Crippen molar-refractivity contribution in [2.75, 3.05) is 11.5 Å². The van der Waals surface area contributed by atoms with Crippen LogP contribution in [-0.2, 0) is 0 Å². The van der Waals surface area contributed by atoms with Crippen LogP contribution in [0.3, 0.4) is 0 Å². The molecule has 0 saturated carbocycles. The minimum absolute atomic E-state index is 0.413. The van der Waals surface area contributed by atoms with E-state index in [1.165, 1.54) is 18.6 Å². The van der Waals surface area contributed by atoms with Crippen molar-refractivity contribution in [1.82, 2.24) is 0 Å². The molecule has 4 heteroatoms. The zero-order valence-electron chi connectivity index (χ0n) is 7.66. The monoisotopic (exact) mass is 274 g/mol. The van der Waals surface area contributed by atoms with Gasteiger partial charge in [0.15, 0.2) is 12.0 Å². The lowest BCUT2D eigenvalue weighted by Gasteiger charge is -2.18. The van der Waals surface area contributed by atoms with E-state index in [4.69, 9.17) is 4.42 Å². The van der Waals surface area contributed by atoms with Gasteiger partial charge in [-0.15, -0.1) is 0 Å². The van der Waals surface area contributed by atoms with Crippen LogP contribution in [-0.4, -0.2) is 17.8 Å². The van der Waals surface area contributed by atoms with E-state index >= 15 is 0 Å². The molecule has 76 valence electrons. The molecule has 1 saturated heterocycles. The Labute approximate surface area is 95.6 Å². The lowest BCUT2D eigenvalue weighted by atomic mass is 10.0. The summed E-state index contributed by atoms with van der Waals surface area (Å²) in [6.45, 7) is 0. The molecule has 0 aliphatic carbocycles. The van der Waals surface area contributed by atoms with Gasteiger partial charge in [0.1, 0.15) is 5.76 Å². The Balaban J connectivity index is 2.18. The van der Waals surface area contributed by atoms with Crippen LogP contribution in [0.25, 0.3) is 0 Å². The Hall–Kier alpha value is -0.220. The molecule has 0 aromatic carbocycles. The van der Waals surface area contributed by atoms with Crippen molar-refractivity contribution in [3.63, 3.8) is 0 Å². The topological polar surface area (TPSA) is 30.2 Å². The highest BCUT2D eigenvalue weighted by atomic mass is 79.9. The van der Waals surface area contributed by atoms with E-state index in [-0.39, 0.29) is 0 Å². The van der Waals surface area contributed by atoms with Crippen molar-refractivity contribution in [2.24, 2.45) is 0 Å². The number of halogens is 1. The number of thioether (sulfide) groups is 1. The molecule has 0 bridgehead atoms. The summed E-state index contributed by atoms with van der Waals surface area (Å²) < 4.78 is 6.25. The van der Waals surface area contributed by atoms with Gasteiger partial charge in [-0.25, -0.2) is 0 Å². The van der Waals surface area contributed by atoms with Crippen LogP contribution < -0.4 is 0 Å². The summed E-state index contributed by atoms with van der Waals surface area (Å²) >= 11 is 5.27. The van der Waals surface area contributed by atoms with E-state index in [2.05, 4.69) is 15.9 Å². The van der Waals surface area contributed by atoms with E-state index < -0.39 is 0 Å². The second kappa shape index (κ2) is 4.53. The fourth-order valence-electron chi connectivity index (χ4n) is 1.65. The van der Waals surface area contributed by atoms with Crippen LogP contribution in [0.15, 0.2) is 15.0 Å². The van der Waals surface area contributed by atoms with Gasteiger partial charge in [0, 0.05) is 11.7 Å². The maximum Gasteiger partial charge on any atom is 0.186 e. The molecule has 1 fully saturated rings. The molecule has 0 spiro atoms. The van der Waals surface area contributed by atoms with Crippen LogP contribution in [0.5, 0.6) is 0 Å². The molecule has 0 radical (unpaired) electrons. The molecule has 0 N–H and O–H groups in total. The molecular weight excluding hydrogens is 264 g/mol. The number of rotatable bonds is 2. The van der Waals surface area contributed by atoms with E-state index in [9.17, 15) is 4.79 Å². The van der Waals surface area contributed by atoms with Crippen molar-refractivity contribution >= 4 is 34.0 Å². The SMILES string of the molecule is O=Cc1oc(C2CCCSC2)cc1Br. The van der Waals surface area contributed by atoms with Gasteiger partial charge in [-0.05, 0) is 40.6 Å². The normalized spacial score (nSPS) is 22.2.